The zero-order valence-electron chi connectivity index (χ0n) is 18.0. The Labute approximate surface area is 194 Å². The summed E-state index contributed by atoms with van der Waals surface area (Å²) in [7, 11) is 1.34. The molecule has 0 unspecified atom stereocenters. The van der Waals surface area contributed by atoms with Gasteiger partial charge in [0, 0.05) is 16.9 Å². The summed E-state index contributed by atoms with van der Waals surface area (Å²) in [6.45, 7) is 0. The van der Waals surface area contributed by atoms with E-state index in [4.69, 9.17) is 15.3 Å². The number of anilines is 2. The van der Waals surface area contributed by atoms with Crippen molar-refractivity contribution in [1.82, 2.24) is 0 Å². The number of nitriles is 2. The highest BCUT2D eigenvalue weighted by Gasteiger charge is 2.18. The maximum atomic E-state index is 13.7. The van der Waals surface area contributed by atoms with Crippen molar-refractivity contribution >= 4 is 23.2 Å². The number of nitrogens with zero attached hydrogens (tertiary/aromatic N) is 2. The minimum atomic E-state index is -0.688. The molecule has 0 bridgehead atoms. The summed E-state index contributed by atoms with van der Waals surface area (Å²) in [5.41, 5.74) is 1.15. The third-order valence-corrected chi connectivity index (χ3v) is 4.89. The van der Waals surface area contributed by atoms with E-state index < -0.39 is 23.4 Å². The molecule has 0 aromatic heterocycles. The van der Waals surface area contributed by atoms with E-state index in [1.165, 1.54) is 49.6 Å². The van der Waals surface area contributed by atoms with Crippen molar-refractivity contribution in [3.8, 4) is 17.9 Å². The van der Waals surface area contributed by atoms with Gasteiger partial charge in [0.05, 0.1) is 37.7 Å². The van der Waals surface area contributed by atoms with Gasteiger partial charge in [-0.2, -0.15) is 10.5 Å². The third-order valence-electron chi connectivity index (χ3n) is 4.89. The Hall–Kier alpha value is -4.76. The Bertz CT molecular complexity index is 1340. The lowest BCUT2D eigenvalue weighted by Gasteiger charge is -2.14. The summed E-state index contributed by atoms with van der Waals surface area (Å²) >= 11 is 0. The van der Waals surface area contributed by atoms with Gasteiger partial charge in [-0.15, -0.1) is 0 Å². The van der Waals surface area contributed by atoms with E-state index >= 15 is 0 Å². The Morgan fingerprint density at radius 3 is 1.85 bits per heavy atom. The number of hydrogen-bond donors (Lipinski definition) is 2. The number of hydrogen-bond acceptors (Lipinski definition) is 5. The molecule has 2 amide bonds. The molecule has 0 fully saturated rings. The van der Waals surface area contributed by atoms with Gasteiger partial charge >= 0.3 is 0 Å². The van der Waals surface area contributed by atoms with Crippen LogP contribution in [0.2, 0.25) is 0 Å². The lowest BCUT2D eigenvalue weighted by atomic mass is 10.1. The quantitative estimate of drug-likeness (QED) is 0.534. The van der Waals surface area contributed by atoms with Crippen LogP contribution in [0.5, 0.6) is 5.75 Å². The smallest absolute Gasteiger partial charge is 0.259 e. The van der Waals surface area contributed by atoms with Crippen LogP contribution >= 0.6 is 0 Å². The number of halogens is 2. The molecule has 3 aromatic rings. The van der Waals surface area contributed by atoms with Crippen LogP contribution in [0.4, 0.5) is 20.2 Å². The summed E-state index contributed by atoms with van der Waals surface area (Å²) in [6, 6.07) is 15.3. The van der Waals surface area contributed by atoms with Crippen molar-refractivity contribution in [3.05, 3.63) is 88.5 Å². The summed E-state index contributed by atoms with van der Waals surface area (Å²) in [5, 5.41) is 23.0. The average Bonchev–Trinajstić information content (AvgIpc) is 2.82. The lowest BCUT2D eigenvalue weighted by Crippen LogP contribution is -2.18. The molecule has 0 atom stereocenters. The minimum Gasteiger partial charge on any atom is -0.496 e. The molecule has 0 saturated carbocycles. The molecule has 0 aliphatic rings. The zero-order chi connectivity index (χ0) is 24.7. The van der Waals surface area contributed by atoms with Crippen molar-refractivity contribution in [2.45, 2.75) is 12.8 Å². The molecule has 3 aromatic carbocycles. The molecule has 0 spiro atoms. The number of benzene rings is 3. The van der Waals surface area contributed by atoms with Gasteiger partial charge in [0.1, 0.15) is 17.4 Å². The van der Waals surface area contributed by atoms with E-state index in [0.29, 0.717) is 11.1 Å². The van der Waals surface area contributed by atoms with Gasteiger partial charge < -0.3 is 15.4 Å². The second kappa shape index (κ2) is 10.7. The minimum absolute atomic E-state index is 0.0150. The SMILES string of the molecule is COc1ccc(C(=O)Nc2cc(F)ccc2CC#N)cc1C(=O)Nc1cc(F)ccc1CC#N. The monoisotopic (exact) mass is 460 g/mol. The first-order valence-electron chi connectivity index (χ1n) is 9.97. The lowest BCUT2D eigenvalue weighted by molar-refractivity contribution is 0.102. The molecule has 0 aliphatic carbocycles. The Balaban J connectivity index is 1.91. The van der Waals surface area contributed by atoms with Crippen LogP contribution in [0.15, 0.2) is 54.6 Å². The van der Waals surface area contributed by atoms with Crippen molar-refractivity contribution in [2.24, 2.45) is 0 Å². The Morgan fingerprint density at radius 2 is 1.35 bits per heavy atom. The van der Waals surface area contributed by atoms with E-state index in [9.17, 15) is 18.4 Å². The van der Waals surface area contributed by atoms with Crippen LogP contribution in [0.1, 0.15) is 31.8 Å². The van der Waals surface area contributed by atoms with Crippen molar-refractivity contribution in [3.63, 3.8) is 0 Å². The van der Waals surface area contributed by atoms with E-state index in [1.54, 1.807) is 0 Å². The summed E-state index contributed by atoms with van der Waals surface area (Å²) < 4.78 is 32.6. The van der Waals surface area contributed by atoms with Gasteiger partial charge in [-0.05, 0) is 53.6 Å². The molecule has 7 nitrogen and oxygen atoms in total. The standard InChI is InChI=1S/C25H18F2N4O3/c1-34-23-7-4-17(24(32)30-21-13-18(26)5-2-15(21)8-10-28)12-20(23)25(33)31-22-14-19(27)6-3-16(22)9-11-29/h2-7,12-14H,8-9H2,1H3,(H,30,32)(H,31,33). The highest BCUT2D eigenvalue weighted by Crippen LogP contribution is 2.25. The molecule has 2 N–H and O–H groups in total. The first kappa shape index (κ1) is 23.9. The van der Waals surface area contributed by atoms with Crippen LogP contribution in [0, 0.1) is 34.3 Å². The van der Waals surface area contributed by atoms with Crippen molar-refractivity contribution < 1.29 is 23.1 Å². The molecular formula is C25H18F2N4O3. The van der Waals surface area contributed by atoms with Gasteiger partial charge in [-0.3, -0.25) is 9.59 Å². The third kappa shape index (κ3) is 5.53. The molecule has 34 heavy (non-hydrogen) atoms. The molecule has 0 saturated heterocycles. The van der Waals surface area contributed by atoms with Crippen molar-refractivity contribution in [2.75, 3.05) is 17.7 Å². The predicted octanol–water partition coefficient (Wildman–Crippen LogP) is 4.61. The van der Waals surface area contributed by atoms with Crippen LogP contribution in [-0.4, -0.2) is 18.9 Å². The topological polar surface area (TPSA) is 115 Å². The average molecular weight is 460 g/mol. The highest BCUT2D eigenvalue weighted by atomic mass is 19.1. The number of nitrogens with one attached hydrogen (secondary N) is 2. The maximum absolute atomic E-state index is 13.7. The largest absolute Gasteiger partial charge is 0.496 e. The van der Waals surface area contributed by atoms with E-state index in [-0.39, 0.29) is 41.1 Å². The van der Waals surface area contributed by atoms with Gasteiger partial charge in [0.25, 0.3) is 11.8 Å². The number of carbonyl (C=O) groups excluding carboxylic acids is 2. The second-order valence-corrected chi connectivity index (χ2v) is 7.10. The van der Waals surface area contributed by atoms with Crippen LogP contribution in [0.3, 0.4) is 0 Å². The number of amides is 2. The molecule has 170 valence electrons. The first-order valence-corrected chi connectivity index (χ1v) is 9.97. The first-order chi connectivity index (χ1) is 16.4. The predicted molar refractivity (Wildman–Crippen MR) is 120 cm³/mol. The summed E-state index contributed by atoms with van der Waals surface area (Å²) in [5.74, 6) is -2.36. The fourth-order valence-corrected chi connectivity index (χ4v) is 3.22. The number of ether oxygens (including phenoxy) is 1. The maximum Gasteiger partial charge on any atom is 0.259 e. The number of rotatable bonds is 7. The van der Waals surface area contributed by atoms with Crippen LogP contribution in [0.25, 0.3) is 0 Å². The summed E-state index contributed by atoms with van der Waals surface area (Å²) in [4.78, 5) is 25.8. The van der Waals surface area contributed by atoms with Gasteiger partial charge in [0.15, 0.2) is 0 Å². The van der Waals surface area contributed by atoms with Gasteiger partial charge in [0.2, 0.25) is 0 Å². The molecule has 0 heterocycles. The molecule has 3 rings (SSSR count). The Morgan fingerprint density at radius 1 is 0.824 bits per heavy atom. The van der Waals surface area contributed by atoms with E-state index in [1.807, 2.05) is 12.1 Å². The highest BCUT2D eigenvalue weighted by molar-refractivity contribution is 6.10. The second-order valence-electron chi connectivity index (χ2n) is 7.10. The fraction of sp³-hybridized carbons (Fsp3) is 0.120. The van der Waals surface area contributed by atoms with Crippen LogP contribution < -0.4 is 15.4 Å². The van der Waals surface area contributed by atoms with Crippen molar-refractivity contribution in [1.29, 1.82) is 10.5 Å². The van der Waals surface area contributed by atoms with Gasteiger partial charge in [-0.1, -0.05) is 12.1 Å². The molecule has 0 aliphatic heterocycles. The number of methoxy groups -OCH3 is 1. The van der Waals surface area contributed by atoms with Crippen LogP contribution in [-0.2, 0) is 12.8 Å². The molecule has 9 heteroatoms. The molecule has 0 radical (unpaired) electrons. The zero-order valence-corrected chi connectivity index (χ0v) is 18.0. The Kier molecular flexibility index (Phi) is 7.52. The molecular weight excluding hydrogens is 442 g/mol. The van der Waals surface area contributed by atoms with E-state index in [2.05, 4.69) is 10.6 Å². The number of carbonyl (C=O) groups is 2. The van der Waals surface area contributed by atoms with E-state index in [0.717, 1.165) is 12.1 Å². The van der Waals surface area contributed by atoms with Gasteiger partial charge in [-0.25, -0.2) is 8.78 Å². The normalized spacial score (nSPS) is 10.0. The summed E-state index contributed by atoms with van der Waals surface area (Å²) in [6.07, 6.45) is -0.0844. The fourth-order valence-electron chi connectivity index (χ4n) is 3.22.